The number of rotatable bonds is 8. The SMILES string of the molecule is C/C=C/C(=O)N(CC)CC(=O)N[C@@H](Cc1ccc(C)cc1C)B(O)O. The first-order valence-electron chi connectivity index (χ1n) is 8.41. The Morgan fingerprint density at radius 2 is 2.00 bits per heavy atom. The van der Waals surface area contributed by atoms with Crippen LogP contribution in [0.2, 0.25) is 0 Å². The highest BCUT2D eigenvalue weighted by molar-refractivity contribution is 6.43. The first-order chi connectivity index (χ1) is 11.8. The zero-order chi connectivity index (χ0) is 19.0. The predicted molar refractivity (Wildman–Crippen MR) is 98.8 cm³/mol. The topological polar surface area (TPSA) is 89.9 Å². The number of allylic oxidation sites excluding steroid dienone is 1. The molecule has 1 atom stereocenters. The van der Waals surface area contributed by atoms with E-state index in [1.165, 1.54) is 11.0 Å². The number of likely N-dealkylation sites (N-methyl/N-ethyl adjacent to an activating group) is 1. The summed E-state index contributed by atoms with van der Waals surface area (Å²) in [4.78, 5) is 25.5. The molecule has 25 heavy (non-hydrogen) atoms. The van der Waals surface area contributed by atoms with Gasteiger partial charge in [0.15, 0.2) is 0 Å². The lowest BCUT2D eigenvalue weighted by atomic mass is 9.75. The van der Waals surface area contributed by atoms with Crippen LogP contribution in [-0.2, 0) is 16.0 Å². The third-order valence-electron chi connectivity index (χ3n) is 3.98. The van der Waals surface area contributed by atoms with Crippen molar-refractivity contribution < 1.29 is 19.6 Å². The van der Waals surface area contributed by atoms with Crippen LogP contribution >= 0.6 is 0 Å². The normalized spacial score (nSPS) is 12.1. The van der Waals surface area contributed by atoms with Gasteiger partial charge in [0.2, 0.25) is 11.8 Å². The van der Waals surface area contributed by atoms with E-state index in [9.17, 15) is 19.6 Å². The molecular formula is C18H27BN2O4. The highest BCUT2D eigenvalue weighted by Gasteiger charge is 2.27. The number of carbonyl (C=O) groups excluding carboxylic acids is 2. The summed E-state index contributed by atoms with van der Waals surface area (Å²) >= 11 is 0. The molecule has 0 saturated heterocycles. The van der Waals surface area contributed by atoms with E-state index in [1.807, 2.05) is 32.0 Å². The molecule has 0 heterocycles. The molecule has 0 radical (unpaired) electrons. The Labute approximate surface area is 149 Å². The largest absolute Gasteiger partial charge is 0.475 e. The van der Waals surface area contributed by atoms with Crippen LogP contribution in [0.3, 0.4) is 0 Å². The number of aryl methyl sites for hydroxylation is 2. The average molecular weight is 346 g/mol. The van der Waals surface area contributed by atoms with Gasteiger partial charge in [0.25, 0.3) is 0 Å². The van der Waals surface area contributed by atoms with E-state index in [0.717, 1.165) is 16.7 Å². The predicted octanol–water partition coefficient (Wildman–Crippen LogP) is 0.767. The van der Waals surface area contributed by atoms with Gasteiger partial charge in [-0.15, -0.1) is 0 Å². The number of nitrogens with one attached hydrogen (secondary N) is 1. The van der Waals surface area contributed by atoms with Gasteiger partial charge in [0, 0.05) is 6.54 Å². The highest BCUT2D eigenvalue weighted by atomic mass is 16.4. The molecule has 0 aliphatic rings. The van der Waals surface area contributed by atoms with Gasteiger partial charge in [0.1, 0.15) is 0 Å². The molecule has 1 aromatic rings. The minimum absolute atomic E-state index is 0.129. The fraction of sp³-hybridized carbons (Fsp3) is 0.444. The van der Waals surface area contributed by atoms with Gasteiger partial charge in [-0.2, -0.15) is 0 Å². The fourth-order valence-corrected chi connectivity index (χ4v) is 2.56. The van der Waals surface area contributed by atoms with E-state index in [4.69, 9.17) is 0 Å². The van der Waals surface area contributed by atoms with Crippen LogP contribution in [0.5, 0.6) is 0 Å². The van der Waals surface area contributed by atoms with Crippen molar-refractivity contribution in [2.45, 2.75) is 40.1 Å². The standard InChI is InChI=1S/C18H27BN2O4/c1-5-7-18(23)21(6-2)12-17(22)20-16(19(24)25)11-15-9-8-13(3)10-14(15)4/h5,7-10,16,24-25H,6,11-12H2,1-4H3,(H,20,22)/b7-5+/t16-/m0/s1. The number of hydrogen-bond donors (Lipinski definition) is 3. The van der Waals surface area contributed by atoms with Gasteiger partial charge in [-0.3, -0.25) is 9.59 Å². The quantitative estimate of drug-likeness (QED) is 0.479. The molecule has 1 rings (SSSR count). The summed E-state index contributed by atoms with van der Waals surface area (Å²) in [6, 6.07) is 5.87. The maximum absolute atomic E-state index is 12.2. The smallest absolute Gasteiger partial charge is 0.426 e. The van der Waals surface area contributed by atoms with E-state index in [2.05, 4.69) is 5.32 Å². The maximum Gasteiger partial charge on any atom is 0.475 e. The van der Waals surface area contributed by atoms with Gasteiger partial charge in [0.05, 0.1) is 12.5 Å². The van der Waals surface area contributed by atoms with Crippen molar-refractivity contribution in [2.24, 2.45) is 0 Å². The van der Waals surface area contributed by atoms with Gasteiger partial charge >= 0.3 is 7.12 Å². The van der Waals surface area contributed by atoms with Gasteiger partial charge in [-0.25, -0.2) is 0 Å². The van der Waals surface area contributed by atoms with Crippen molar-refractivity contribution in [2.75, 3.05) is 13.1 Å². The molecule has 0 spiro atoms. The first kappa shape index (κ1) is 20.9. The molecule has 0 fully saturated rings. The zero-order valence-corrected chi connectivity index (χ0v) is 15.3. The Bertz CT molecular complexity index is 632. The second-order valence-electron chi connectivity index (χ2n) is 6.07. The minimum atomic E-state index is -1.69. The number of carbonyl (C=O) groups is 2. The summed E-state index contributed by atoms with van der Waals surface area (Å²) in [5.41, 5.74) is 3.08. The Balaban J connectivity index is 2.76. The van der Waals surface area contributed by atoms with Crippen LogP contribution < -0.4 is 5.32 Å². The van der Waals surface area contributed by atoms with E-state index >= 15 is 0 Å². The number of benzene rings is 1. The second kappa shape index (κ2) is 10.0. The Morgan fingerprint density at radius 1 is 1.32 bits per heavy atom. The van der Waals surface area contributed by atoms with E-state index < -0.39 is 19.0 Å². The number of amides is 2. The summed E-state index contributed by atoms with van der Waals surface area (Å²) < 4.78 is 0. The average Bonchev–Trinajstić information content (AvgIpc) is 2.54. The summed E-state index contributed by atoms with van der Waals surface area (Å²) in [6.07, 6.45) is 3.30. The Hall–Kier alpha value is -2.12. The van der Waals surface area contributed by atoms with Crippen LogP contribution in [-0.4, -0.2) is 52.9 Å². The van der Waals surface area contributed by atoms with Crippen molar-refractivity contribution in [1.29, 1.82) is 0 Å². The summed E-state index contributed by atoms with van der Waals surface area (Å²) in [7, 11) is -1.69. The van der Waals surface area contributed by atoms with Crippen LogP contribution in [0.15, 0.2) is 30.4 Å². The highest BCUT2D eigenvalue weighted by Crippen LogP contribution is 2.13. The van der Waals surface area contributed by atoms with Crippen molar-refractivity contribution in [3.63, 3.8) is 0 Å². The summed E-state index contributed by atoms with van der Waals surface area (Å²) in [5.74, 6) is -1.53. The molecule has 0 bridgehead atoms. The lowest BCUT2D eigenvalue weighted by molar-refractivity contribution is -0.132. The monoisotopic (exact) mass is 346 g/mol. The van der Waals surface area contributed by atoms with Crippen molar-refractivity contribution in [3.05, 3.63) is 47.0 Å². The molecule has 7 heteroatoms. The maximum atomic E-state index is 12.2. The van der Waals surface area contributed by atoms with E-state index in [0.29, 0.717) is 13.0 Å². The van der Waals surface area contributed by atoms with Crippen molar-refractivity contribution >= 4 is 18.9 Å². The molecule has 3 N–H and O–H groups in total. The number of hydrogen-bond acceptors (Lipinski definition) is 4. The summed E-state index contributed by atoms with van der Waals surface area (Å²) in [6.45, 7) is 7.70. The third kappa shape index (κ3) is 6.72. The molecule has 0 aliphatic heterocycles. The lowest BCUT2D eigenvalue weighted by Crippen LogP contribution is -2.51. The molecule has 0 aromatic heterocycles. The van der Waals surface area contributed by atoms with Gasteiger partial charge < -0.3 is 20.3 Å². The molecular weight excluding hydrogens is 319 g/mol. The second-order valence-corrected chi connectivity index (χ2v) is 6.07. The van der Waals surface area contributed by atoms with Crippen molar-refractivity contribution in [3.8, 4) is 0 Å². The number of nitrogens with zero attached hydrogens (tertiary/aromatic N) is 1. The van der Waals surface area contributed by atoms with E-state index in [1.54, 1.807) is 19.9 Å². The van der Waals surface area contributed by atoms with Crippen LogP contribution in [0, 0.1) is 13.8 Å². The molecule has 6 nitrogen and oxygen atoms in total. The van der Waals surface area contributed by atoms with E-state index in [-0.39, 0.29) is 12.5 Å². The first-order valence-corrected chi connectivity index (χ1v) is 8.41. The Morgan fingerprint density at radius 3 is 2.52 bits per heavy atom. The zero-order valence-electron chi connectivity index (χ0n) is 15.3. The van der Waals surface area contributed by atoms with Crippen LogP contribution in [0.25, 0.3) is 0 Å². The summed E-state index contributed by atoms with van der Waals surface area (Å²) in [5, 5.41) is 21.8. The molecule has 0 saturated carbocycles. The lowest BCUT2D eigenvalue weighted by Gasteiger charge is -2.23. The van der Waals surface area contributed by atoms with Gasteiger partial charge in [-0.1, -0.05) is 29.8 Å². The molecule has 2 amide bonds. The third-order valence-corrected chi connectivity index (χ3v) is 3.98. The molecule has 0 unspecified atom stereocenters. The van der Waals surface area contributed by atoms with Crippen LogP contribution in [0.4, 0.5) is 0 Å². The van der Waals surface area contributed by atoms with Gasteiger partial charge in [-0.05, 0) is 51.3 Å². The molecule has 1 aromatic carbocycles. The molecule has 136 valence electrons. The van der Waals surface area contributed by atoms with Crippen LogP contribution in [0.1, 0.15) is 30.5 Å². The van der Waals surface area contributed by atoms with Crippen molar-refractivity contribution in [1.82, 2.24) is 10.2 Å². The molecule has 0 aliphatic carbocycles. The minimum Gasteiger partial charge on any atom is -0.426 e. The fourth-order valence-electron chi connectivity index (χ4n) is 2.56. The Kier molecular flexibility index (Phi) is 8.38.